The predicted octanol–water partition coefficient (Wildman–Crippen LogP) is 2.50. The monoisotopic (exact) mass is 312 g/mol. The van der Waals surface area contributed by atoms with Gasteiger partial charge in [0.15, 0.2) is 11.6 Å². The number of anilines is 1. The van der Waals surface area contributed by atoms with Crippen molar-refractivity contribution in [2.24, 2.45) is 0 Å². The number of hydrogen-bond acceptors (Lipinski definition) is 5. The van der Waals surface area contributed by atoms with E-state index in [4.69, 9.17) is 4.74 Å². The number of carbonyl (C=O) groups is 1. The minimum absolute atomic E-state index is 0.0966. The van der Waals surface area contributed by atoms with Crippen LogP contribution in [0.15, 0.2) is 48.8 Å². The van der Waals surface area contributed by atoms with Gasteiger partial charge >= 0.3 is 5.69 Å². The third-order valence-electron chi connectivity index (χ3n) is 3.24. The highest BCUT2D eigenvalue weighted by Crippen LogP contribution is 2.27. The highest BCUT2D eigenvalue weighted by atomic mass is 16.6. The van der Waals surface area contributed by atoms with Crippen molar-refractivity contribution < 1.29 is 14.5 Å². The first kappa shape index (κ1) is 14.5. The van der Waals surface area contributed by atoms with E-state index < -0.39 is 10.8 Å². The second kappa shape index (κ2) is 5.76. The van der Waals surface area contributed by atoms with Crippen molar-refractivity contribution in [2.45, 2.75) is 0 Å². The number of pyridine rings is 1. The number of methoxy groups -OCH3 is 1. The van der Waals surface area contributed by atoms with E-state index in [2.05, 4.69) is 10.3 Å². The number of amides is 1. The molecule has 8 heteroatoms. The van der Waals surface area contributed by atoms with Crippen molar-refractivity contribution in [1.29, 1.82) is 0 Å². The van der Waals surface area contributed by atoms with Crippen LogP contribution in [0.5, 0.6) is 5.75 Å². The molecule has 3 rings (SSSR count). The van der Waals surface area contributed by atoms with E-state index >= 15 is 0 Å². The second-order valence-corrected chi connectivity index (χ2v) is 4.69. The molecular weight excluding hydrogens is 300 g/mol. The van der Waals surface area contributed by atoms with E-state index in [1.54, 1.807) is 22.9 Å². The summed E-state index contributed by atoms with van der Waals surface area (Å²) < 4.78 is 6.67. The Balaban J connectivity index is 1.88. The Morgan fingerprint density at radius 1 is 1.35 bits per heavy atom. The fourth-order valence-electron chi connectivity index (χ4n) is 2.16. The molecule has 0 fully saturated rings. The first-order valence-electron chi connectivity index (χ1n) is 6.66. The molecule has 0 aliphatic rings. The molecule has 2 heterocycles. The zero-order chi connectivity index (χ0) is 16.4. The maximum Gasteiger partial charge on any atom is 0.311 e. The number of aromatic nitrogens is 2. The summed E-state index contributed by atoms with van der Waals surface area (Å²) in [5, 5.41) is 13.6. The smallest absolute Gasteiger partial charge is 0.311 e. The number of benzene rings is 1. The van der Waals surface area contributed by atoms with Crippen molar-refractivity contribution in [3.63, 3.8) is 0 Å². The lowest BCUT2D eigenvalue weighted by molar-refractivity contribution is -0.385. The fourth-order valence-corrected chi connectivity index (χ4v) is 2.16. The van der Waals surface area contributed by atoms with Crippen molar-refractivity contribution >= 4 is 23.1 Å². The maximum absolute atomic E-state index is 12.2. The minimum atomic E-state index is -0.597. The molecule has 3 aromatic rings. The number of ether oxygens (including phenoxy) is 1. The topological polar surface area (TPSA) is 98.8 Å². The van der Waals surface area contributed by atoms with Gasteiger partial charge in [-0.1, -0.05) is 6.07 Å². The zero-order valence-corrected chi connectivity index (χ0v) is 12.1. The van der Waals surface area contributed by atoms with Gasteiger partial charge in [-0.3, -0.25) is 14.9 Å². The Bertz CT molecular complexity index is 870. The largest absolute Gasteiger partial charge is 0.490 e. The first-order chi connectivity index (χ1) is 11.1. The van der Waals surface area contributed by atoms with Gasteiger partial charge in [0.05, 0.1) is 18.2 Å². The summed E-state index contributed by atoms with van der Waals surface area (Å²) >= 11 is 0. The molecule has 0 spiro atoms. The van der Waals surface area contributed by atoms with Crippen LogP contribution in [-0.2, 0) is 0 Å². The van der Waals surface area contributed by atoms with E-state index in [1.807, 2.05) is 12.1 Å². The lowest BCUT2D eigenvalue weighted by Crippen LogP contribution is -2.12. The van der Waals surface area contributed by atoms with Gasteiger partial charge in [-0.05, 0) is 24.3 Å². The lowest BCUT2D eigenvalue weighted by Gasteiger charge is -2.05. The van der Waals surface area contributed by atoms with Crippen molar-refractivity contribution in [3.05, 3.63) is 64.5 Å². The predicted molar refractivity (Wildman–Crippen MR) is 82.8 cm³/mol. The number of rotatable bonds is 4. The number of imidazole rings is 1. The van der Waals surface area contributed by atoms with E-state index in [1.165, 1.54) is 25.3 Å². The molecule has 0 bridgehead atoms. The molecule has 0 unspecified atom stereocenters. The molecule has 116 valence electrons. The zero-order valence-electron chi connectivity index (χ0n) is 12.1. The third kappa shape index (κ3) is 2.82. The van der Waals surface area contributed by atoms with E-state index in [0.717, 1.165) is 0 Å². The maximum atomic E-state index is 12.2. The van der Waals surface area contributed by atoms with Crippen LogP contribution >= 0.6 is 0 Å². The third-order valence-corrected chi connectivity index (χ3v) is 3.24. The lowest BCUT2D eigenvalue weighted by atomic mass is 10.1. The normalized spacial score (nSPS) is 10.5. The van der Waals surface area contributed by atoms with Crippen LogP contribution in [-0.4, -0.2) is 27.3 Å². The van der Waals surface area contributed by atoms with Crippen LogP contribution < -0.4 is 10.1 Å². The van der Waals surface area contributed by atoms with Gasteiger partial charge in [-0.15, -0.1) is 0 Å². The summed E-state index contributed by atoms with van der Waals surface area (Å²) in [6.45, 7) is 0. The van der Waals surface area contributed by atoms with Crippen LogP contribution in [0, 0.1) is 10.1 Å². The molecule has 1 amide bonds. The molecule has 0 atom stereocenters. The van der Waals surface area contributed by atoms with Gasteiger partial charge in [0.1, 0.15) is 5.65 Å². The Kier molecular flexibility index (Phi) is 3.63. The van der Waals surface area contributed by atoms with Gasteiger partial charge in [-0.25, -0.2) is 4.98 Å². The molecule has 23 heavy (non-hydrogen) atoms. The quantitative estimate of drug-likeness (QED) is 0.589. The Morgan fingerprint density at radius 3 is 2.87 bits per heavy atom. The van der Waals surface area contributed by atoms with E-state index in [0.29, 0.717) is 11.5 Å². The fraction of sp³-hybridized carbons (Fsp3) is 0.0667. The molecule has 0 aliphatic carbocycles. The summed E-state index contributed by atoms with van der Waals surface area (Å²) in [5.41, 5.74) is 0.563. The van der Waals surface area contributed by atoms with Crippen molar-refractivity contribution in [1.82, 2.24) is 9.38 Å². The number of fused-ring (bicyclic) bond motifs is 1. The summed E-state index contributed by atoms with van der Waals surface area (Å²) in [7, 11) is 1.33. The van der Waals surface area contributed by atoms with E-state index in [-0.39, 0.29) is 17.0 Å². The second-order valence-electron chi connectivity index (χ2n) is 4.69. The molecule has 8 nitrogen and oxygen atoms in total. The van der Waals surface area contributed by atoms with Crippen LogP contribution in [0.2, 0.25) is 0 Å². The highest BCUT2D eigenvalue weighted by Gasteiger charge is 2.18. The standard InChI is InChI=1S/C15H12N4O4/c1-23-12-6-5-10(8-11(12)19(21)22)15(20)17-13-9-18-7-3-2-4-14(18)16-13/h2-9H,1H3,(H,17,20). The number of nitro groups is 1. The molecule has 0 saturated carbocycles. The molecule has 0 aliphatic heterocycles. The van der Waals surface area contributed by atoms with Gasteiger partial charge in [-0.2, -0.15) is 0 Å². The van der Waals surface area contributed by atoms with Gasteiger partial charge < -0.3 is 14.5 Å². The number of carbonyl (C=O) groups excluding carboxylic acids is 1. The van der Waals surface area contributed by atoms with Gasteiger partial charge in [0, 0.05) is 17.8 Å². The van der Waals surface area contributed by atoms with Crippen LogP contribution in [0.3, 0.4) is 0 Å². The van der Waals surface area contributed by atoms with Crippen molar-refractivity contribution in [3.8, 4) is 5.75 Å². The molecule has 1 aromatic carbocycles. The number of nitrogens with zero attached hydrogens (tertiary/aromatic N) is 3. The first-order valence-corrected chi connectivity index (χ1v) is 6.66. The number of hydrogen-bond donors (Lipinski definition) is 1. The average molecular weight is 312 g/mol. The summed E-state index contributed by atoms with van der Waals surface area (Å²) in [4.78, 5) is 26.9. The van der Waals surface area contributed by atoms with Gasteiger partial charge in [0.25, 0.3) is 5.91 Å². The van der Waals surface area contributed by atoms with Crippen LogP contribution in [0.25, 0.3) is 5.65 Å². The molecule has 0 saturated heterocycles. The van der Waals surface area contributed by atoms with Crippen LogP contribution in [0.4, 0.5) is 11.5 Å². The SMILES string of the molecule is COc1ccc(C(=O)Nc2cn3ccccc3n2)cc1[N+](=O)[O-]. The highest BCUT2D eigenvalue weighted by molar-refractivity contribution is 6.04. The van der Waals surface area contributed by atoms with Crippen molar-refractivity contribution in [2.75, 3.05) is 12.4 Å². The summed E-state index contributed by atoms with van der Waals surface area (Å²) in [5.74, 6) is -0.0295. The number of nitrogens with one attached hydrogen (secondary N) is 1. The average Bonchev–Trinajstić information content (AvgIpc) is 2.96. The Labute approximate surface area is 130 Å². The van der Waals surface area contributed by atoms with Crippen LogP contribution in [0.1, 0.15) is 10.4 Å². The van der Waals surface area contributed by atoms with E-state index in [9.17, 15) is 14.9 Å². The van der Waals surface area contributed by atoms with Gasteiger partial charge in [0.2, 0.25) is 0 Å². The summed E-state index contributed by atoms with van der Waals surface area (Å²) in [6, 6.07) is 9.49. The Hall–Kier alpha value is -3.42. The molecule has 1 N–H and O–H groups in total. The minimum Gasteiger partial charge on any atom is -0.490 e. The molecule has 2 aromatic heterocycles. The molecular formula is C15H12N4O4. The Morgan fingerprint density at radius 2 is 2.17 bits per heavy atom. The number of nitro benzene ring substituents is 1. The summed E-state index contributed by atoms with van der Waals surface area (Å²) in [6.07, 6.45) is 3.46. The molecule has 0 radical (unpaired) electrons.